The Morgan fingerprint density at radius 3 is 2.39 bits per heavy atom. The number of aryl methyl sites for hydroxylation is 1. The van der Waals surface area contributed by atoms with Gasteiger partial charge in [-0.2, -0.15) is 0 Å². The van der Waals surface area contributed by atoms with Gasteiger partial charge in [0.15, 0.2) is 0 Å². The third-order valence-corrected chi connectivity index (χ3v) is 6.91. The van der Waals surface area contributed by atoms with E-state index in [9.17, 15) is 0 Å². The molecule has 1 atom stereocenters. The third kappa shape index (κ3) is 4.38. The van der Waals surface area contributed by atoms with Crippen LogP contribution in [0.4, 0.5) is 0 Å². The first-order valence-electron chi connectivity index (χ1n) is 9.05. The summed E-state index contributed by atoms with van der Waals surface area (Å²) in [6, 6.07) is 9.19. The Morgan fingerprint density at radius 1 is 1.09 bits per heavy atom. The topological polar surface area (TPSA) is 3.24 Å². The maximum Gasteiger partial charge on any atom is 0.0798 e. The first-order chi connectivity index (χ1) is 10.8. The standard InChI is InChI=1S/C21H33NSi/c1-7-8-9-13-18-15-20(19-14-11-10-12-17(19)2)22(3)16-21(18)23(4,5)6/h10-12,14-16,20H,7-9,13H2,1-6H3. The Hall–Kier alpha value is -1.28. The second kappa shape index (κ2) is 7.52. The molecule has 1 aromatic carbocycles. The van der Waals surface area contributed by atoms with Crippen molar-refractivity contribution in [2.45, 2.75) is 65.2 Å². The highest BCUT2D eigenvalue weighted by Crippen LogP contribution is 2.37. The molecule has 2 rings (SSSR count). The number of allylic oxidation sites excluding steroid dienone is 2. The molecule has 1 nitrogen and oxygen atoms in total. The Morgan fingerprint density at radius 2 is 1.78 bits per heavy atom. The molecule has 0 aromatic heterocycles. The van der Waals surface area contributed by atoms with Gasteiger partial charge < -0.3 is 4.90 Å². The van der Waals surface area contributed by atoms with Crippen molar-refractivity contribution in [2.24, 2.45) is 0 Å². The van der Waals surface area contributed by atoms with E-state index in [1.807, 2.05) is 0 Å². The summed E-state index contributed by atoms with van der Waals surface area (Å²) in [5, 5.41) is 1.64. The molecule has 2 heteroatoms. The Kier molecular flexibility index (Phi) is 5.91. The van der Waals surface area contributed by atoms with Crippen LogP contribution in [0.25, 0.3) is 0 Å². The lowest BCUT2D eigenvalue weighted by atomic mass is 9.94. The fraction of sp³-hybridized carbons (Fsp3) is 0.524. The highest BCUT2D eigenvalue weighted by Gasteiger charge is 2.29. The molecular weight excluding hydrogens is 294 g/mol. The van der Waals surface area contributed by atoms with Crippen molar-refractivity contribution in [3.8, 4) is 0 Å². The normalized spacial score (nSPS) is 18.7. The van der Waals surface area contributed by atoms with Crippen LogP contribution in [0.2, 0.25) is 19.6 Å². The molecule has 0 N–H and O–H groups in total. The molecule has 0 saturated heterocycles. The number of rotatable bonds is 6. The first kappa shape index (κ1) is 18.1. The largest absolute Gasteiger partial charge is 0.370 e. The van der Waals surface area contributed by atoms with E-state index in [2.05, 4.69) is 82.0 Å². The Labute approximate surface area is 144 Å². The van der Waals surface area contributed by atoms with Gasteiger partial charge in [-0.15, -0.1) is 0 Å². The van der Waals surface area contributed by atoms with Crippen molar-refractivity contribution in [2.75, 3.05) is 7.05 Å². The van der Waals surface area contributed by atoms with E-state index in [0.29, 0.717) is 6.04 Å². The van der Waals surface area contributed by atoms with Crippen LogP contribution in [0.5, 0.6) is 0 Å². The van der Waals surface area contributed by atoms with Crippen molar-refractivity contribution in [3.05, 3.63) is 58.4 Å². The summed E-state index contributed by atoms with van der Waals surface area (Å²) < 4.78 is 0. The van der Waals surface area contributed by atoms with E-state index in [4.69, 9.17) is 0 Å². The van der Waals surface area contributed by atoms with Gasteiger partial charge in [-0.1, -0.05) is 69.7 Å². The van der Waals surface area contributed by atoms with Gasteiger partial charge in [-0.05, 0) is 47.9 Å². The zero-order valence-corrected chi connectivity index (χ0v) is 16.8. The van der Waals surface area contributed by atoms with Gasteiger partial charge >= 0.3 is 0 Å². The molecule has 1 aromatic rings. The monoisotopic (exact) mass is 327 g/mol. The zero-order valence-electron chi connectivity index (χ0n) is 15.8. The zero-order chi connectivity index (χ0) is 17.0. The second-order valence-electron chi connectivity index (χ2n) is 7.91. The first-order valence-corrected chi connectivity index (χ1v) is 12.6. The molecule has 0 saturated carbocycles. The number of unbranched alkanes of at least 4 members (excludes halogenated alkanes) is 2. The van der Waals surface area contributed by atoms with Crippen LogP contribution >= 0.6 is 0 Å². The van der Waals surface area contributed by atoms with Crippen LogP contribution in [0, 0.1) is 6.92 Å². The molecule has 1 aliphatic heterocycles. The van der Waals surface area contributed by atoms with Gasteiger partial charge in [-0.3, -0.25) is 0 Å². The van der Waals surface area contributed by atoms with Crippen molar-refractivity contribution in [3.63, 3.8) is 0 Å². The molecule has 0 spiro atoms. The third-order valence-electron chi connectivity index (χ3n) is 4.84. The lowest BCUT2D eigenvalue weighted by Gasteiger charge is -2.36. The van der Waals surface area contributed by atoms with Gasteiger partial charge in [0.25, 0.3) is 0 Å². The fourth-order valence-electron chi connectivity index (χ4n) is 3.45. The summed E-state index contributed by atoms with van der Waals surface area (Å²) in [6.07, 6.45) is 10.2. The SMILES string of the molecule is CCCCCC1=CC(c2ccccc2C)N(C)C=C1[Si](C)(C)C. The summed E-state index contributed by atoms with van der Waals surface area (Å²) in [4.78, 5) is 2.42. The number of likely N-dealkylation sites (N-methyl/N-ethyl adjacent to an activating group) is 1. The molecule has 1 unspecified atom stereocenters. The minimum atomic E-state index is -1.31. The molecule has 0 fully saturated rings. The minimum absolute atomic E-state index is 0.382. The molecule has 0 aliphatic carbocycles. The second-order valence-corrected chi connectivity index (χ2v) is 12.9. The smallest absolute Gasteiger partial charge is 0.0798 e. The average molecular weight is 328 g/mol. The van der Waals surface area contributed by atoms with E-state index in [-0.39, 0.29) is 0 Å². The highest BCUT2D eigenvalue weighted by molar-refractivity contribution is 6.84. The quantitative estimate of drug-likeness (QED) is 0.441. The van der Waals surface area contributed by atoms with Crippen molar-refractivity contribution < 1.29 is 0 Å². The van der Waals surface area contributed by atoms with Crippen molar-refractivity contribution in [1.82, 2.24) is 4.90 Å². The Bertz CT molecular complexity index is 592. The lowest BCUT2D eigenvalue weighted by molar-refractivity contribution is 0.383. The fourth-order valence-corrected chi connectivity index (χ4v) is 5.21. The van der Waals surface area contributed by atoms with Crippen LogP contribution < -0.4 is 0 Å². The van der Waals surface area contributed by atoms with E-state index in [1.165, 1.54) is 36.8 Å². The number of benzene rings is 1. The predicted octanol–water partition coefficient (Wildman–Crippen LogP) is 6.25. The van der Waals surface area contributed by atoms with Gasteiger partial charge in [0.1, 0.15) is 0 Å². The van der Waals surface area contributed by atoms with E-state index in [0.717, 1.165) is 0 Å². The summed E-state index contributed by atoms with van der Waals surface area (Å²) in [7, 11) is 0.918. The van der Waals surface area contributed by atoms with Crippen LogP contribution in [-0.4, -0.2) is 20.0 Å². The van der Waals surface area contributed by atoms with Gasteiger partial charge in [0, 0.05) is 7.05 Å². The van der Waals surface area contributed by atoms with Crippen LogP contribution in [0.15, 0.2) is 47.3 Å². The van der Waals surface area contributed by atoms with Gasteiger partial charge in [0.2, 0.25) is 0 Å². The van der Waals surface area contributed by atoms with E-state index in [1.54, 1.807) is 10.8 Å². The summed E-state index contributed by atoms with van der Waals surface area (Å²) in [5.74, 6) is 0. The molecule has 1 aliphatic rings. The Balaban J connectivity index is 2.36. The summed E-state index contributed by atoms with van der Waals surface area (Å²) in [5.41, 5.74) is 4.44. The molecule has 23 heavy (non-hydrogen) atoms. The maximum absolute atomic E-state index is 2.55. The molecule has 0 bridgehead atoms. The average Bonchev–Trinajstić information content (AvgIpc) is 2.48. The van der Waals surface area contributed by atoms with Crippen LogP contribution in [0.3, 0.4) is 0 Å². The van der Waals surface area contributed by atoms with Gasteiger partial charge in [-0.25, -0.2) is 0 Å². The van der Waals surface area contributed by atoms with Crippen LogP contribution in [-0.2, 0) is 0 Å². The van der Waals surface area contributed by atoms with Crippen LogP contribution in [0.1, 0.15) is 49.8 Å². The molecule has 126 valence electrons. The minimum Gasteiger partial charge on any atom is -0.370 e. The summed E-state index contributed by atoms with van der Waals surface area (Å²) in [6.45, 7) is 11.9. The molecule has 1 heterocycles. The molecule has 0 amide bonds. The molecule has 0 radical (unpaired) electrons. The highest BCUT2D eigenvalue weighted by atomic mass is 28.3. The van der Waals surface area contributed by atoms with Gasteiger partial charge in [0.05, 0.1) is 14.1 Å². The lowest BCUT2D eigenvalue weighted by Crippen LogP contribution is -2.32. The number of hydrogen-bond acceptors (Lipinski definition) is 1. The number of nitrogens with zero attached hydrogens (tertiary/aromatic N) is 1. The predicted molar refractivity (Wildman–Crippen MR) is 105 cm³/mol. The summed E-state index contributed by atoms with van der Waals surface area (Å²) >= 11 is 0. The number of hydrogen-bond donors (Lipinski definition) is 0. The van der Waals surface area contributed by atoms with Crippen molar-refractivity contribution in [1.29, 1.82) is 0 Å². The van der Waals surface area contributed by atoms with E-state index >= 15 is 0 Å². The van der Waals surface area contributed by atoms with E-state index < -0.39 is 8.07 Å². The maximum atomic E-state index is 2.55. The molecular formula is C21H33NSi. The van der Waals surface area contributed by atoms with Crippen molar-refractivity contribution >= 4 is 8.07 Å².